The van der Waals surface area contributed by atoms with Gasteiger partial charge in [0.1, 0.15) is 12.3 Å². The first-order valence-electron chi connectivity index (χ1n) is 7.47. The second kappa shape index (κ2) is 9.22. The van der Waals surface area contributed by atoms with Gasteiger partial charge in [0.15, 0.2) is 12.4 Å². The van der Waals surface area contributed by atoms with Gasteiger partial charge in [0.25, 0.3) is 5.91 Å². The lowest BCUT2D eigenvalue weighted by Gasteiger charge is -2.08. The number of halogens is 2. The Kier molecular flexibility index (Phi) is 7.00. The van der Waals surface area contributed by atoms with E-state index in [1.165, 1.54) is 25.3 Å². The van der Waals surface area contributed by atoms with E-state index in [0.29, 0.717) is 16.3 Å². The smallest absolute Gasteiger partial charge is 0.325 e. The maximum atomic E-state index is 12.0. The third kappa shape index (κ3) is 5.47. The average Bonchev–Trinajstić information content (AvgIpc) is 2.64. The summed E-state index contributed by atoms with van der Waals surface area (Å²) in [6.45, 7) is -0.841. The summed E-state index contributed by atoms with van der Waals surface area (Å²) >= 11 is 11.7. The summed E-state index contributed by atoms with van der Waals surface area (Å²) in [6.07, 6.45) is 0. The van der Waals surface area contributed by atoms with Crippen LogP contribution in [-0.4, -0.2) is 37.9 Å². The fourth-order valence-corrected chi connectivity index (χ4v) is 2.49. The van der Waals surface area contributed by atoms with E-state index >= 15 is 0 Å². The van der Waals surface area contributed by atoms with Crippen LogP contribution in [-0.2, 0) is 9.53 Å². The van der Waals surface area contributed by atoms with Crippen LogP contribution in [0, 0.1) is 0 Å². The zero-order chi connectivity index (χ0) is 19.1. The number of hydrogen-bond donors (Lipinski definition) is 1. The van der Waals surface area contributed by atoms with Gasteiger partial charge in [-0.1, -0.05) is 35.3 Å². The first-order valence-corrected chi connectivity index (χ1v) is 8.22. The highest BCUT2D eigenvalue weighted by atomic mass is 35.5. The Morgan fingerprint density at radius 3 is 2.54 bits per heavy atom. The molecule has 26 heavy (non-hydrogen) atoms. The molecule has 0 aliphatic carbocycles. The van der Waals surface area contributed by atoms with Crippen molar-refractivity contribution in [2.75, 3.05) is 20.3 Å². The molecule has 0 aromatic heterocycles. The molecular formula is C18H15Cl2NO5. The van der Waals surface area contributed by atoms with Gasteiger partial charge in [-0.3, -0.25) is 14.4 Å². The van der Waals surface area contributed by atoms with E-state index in [9.17, 15) is 14.4 Å². The highest BCUT2D eigenvalue weighted by Gasteiger charge is 2.14. The molecule has 136 valence electrons. The molecule has 1 amide bonds. The van der Waals surface area contributed by atoms with Crippen molar-refractivity contribution in [1.82, 2.24) is 5.32 Å². The van der Waals surface area contributed by atoms with Crippen LogP contribution in [0.5, 0.6) is 5.75 Å². The lowest BCUT2D eigenvalue weighted by molar-refractivity contribution is -0.141. The molecule has 0 radical (unpaired) electrons. The van der Waals surface area contributed by atoms with Crippen LogP contribution in [0.25, 0.3) is 0 Å². The number of hydrogen-bond acceptors (Lipinski definition) is 5. The molecule has 0 spiro atoms. The second-order valence-electron chi connectivity index (χ2n) is 5.12. The molecule has 0 bridgehead atoms. The van der Waals surface area contributed by atoms with E-state index < -0.39 is 25.0 Å². The molecule has 0 saturated heterocycles. The number of ketones is 1. The first kappa shape index (κ1) is 19.8. The number of amides is 1. The summed E-state index contributed by atoms with van der Waals surface area (Å²) < 4.78 is 9.90. The maximum Gasteiger partial charge on any atom is 0.325 e. The quantitative estimate of drug-likeness (QED) is 0.575. The molecule has 6 nitrogen and oxygen atoms in total. The number of rotatable bonds is 7. The molecule has 2 aromatic carbocycles. The van der Waals surface area contributed by atoms with E-state index in [1.54, 1.807) is 24.3 Å². The van der Waals surface area contributed by atoms with Crippen LogP contribution in [0.4, 0.5) is 0 Å². The SMILES string of the molecule is COc1cccc(C(=O)COC(=O)CNC(=O)c2ccc(Cl)cc2Cl)c1. The highest BCUT2D eigenvalue weighted by Crippen LogP contribution is 2.20. The lowest BCUT2D eigenvalue weighted by Crippen LogP contribution is -2.31. The number of Topliss-reactive ketones (excluding diaryl/α,β-unsaturated/α-hetero) is 1. The monoisotopic (exact) mass is 395 g/mol. The van der Waals surface area contributed by atoms with Crippen molar-refractivity contribution in [3.8, 4) is 5.75 Å². The molecular weight excluding hydrogens is 381 g/mol. The van der Waals surface area contributed by atoms with Crippen LogP contribution in [0.1, 0.15) is 20.7 Å². The van der Waals surface area contributed by atoms with Crippen LogP contribution in [0.15, 0.2) is 42.5 Å². The number of esters is 1. The Balaban J connectivity index is 1.83. The van der Waals surface area contributed by atoms with Crippen molar-refractivity contribution in [1.29, 1.82) is 0 Å². The van der Waals surface area contributed by atoms with Crippen LogP contribution >= 0.6 is 23.2 Å². The second-order valence-corrected chi connectivity index (χ2v) is 5.97. The van der Waals surface area contributed by atoms with Gasteiger partial charge in [-0.2, -0.15) is 0 Å². The third-order valence-electron chi connectivity index (χ3n) is 3.33. The number of methoxy groups -OCH3 is 1. The van der Waals surface area contributed by atoms with Gasteiger partial charge in [0, 0.05) is 10.6 Å². The van der Waals surface area contributed by atoms with Gasteiger partial charge in [-0.15, -0.1) is 0 Å². The molecule has 0 aliphatic heterocycles. The van der Waals surface area contributed by atoms with E-state index in [1.807, 2.05) is 0 Å². The van der Waals surface area contributed by atoms with E-state index in [4.69, 9.17) is 32.7 Å². The van der Waals surface area contributed by atoms with E-state index in [0.717, 1.165) is 0 Å². The average molecular weight is 396 g/mol. The van der Waals surface area contributed by atoms with Gasteiger partial charge in [0.05, 0.1) is 17.7 Å². The molecule has 8 heteroatoms. The Morgan fingerprint density at radius 1 is 1.08 bits per heavy atom. The largest absolute Gasteiger partial charge is 0.497 e. The zero-order valence-corrected chi connectivity index (χ0v) is 15.3. The molecule has 0 heterocycles. The minimum Gasteiger partial charge on any atom is -0.497 e. The number of carbonyl (C=O) groups excluding carboxylic acids is 3. The zero-order valence-electron chi connectivity index (χ0n) is 13.8. The predicted octanol–water partition coefficient (Wildman–Crippen LogP) is 3.16. The standard InChI is InChI=1S/C18H15Cl2NO5/c1-25-13-4-2-3-11(7-13)16(22)10-26-17(23)9-21-18(24)14-6-5-12(19)8-15(14)20/h2-8H,9-10H2,1H3,(H,21,24). The fraction of sp³-hybridized carbons (Fsp3) is 0.167. The van der Waals surface area contributed by atoms with Crippen LogP contribution < -0.4 is 10.1 Å². The Labute approximate surface area is 160 Å². The topological polar surface area (TPSA) is 81.7 Å². The van der Waals surface area contributed by atoms with Crippen molar-refractivity contribution < 1.29 is 23.9 Å². The molecule has 0 fully saturated rings. The molecule has 0 saturated carbocycles. The molecule has 0 unspecified atom stereocenters. The van der Waals surface area contributed by atoms with Crippen molar-refractivity contribution in [3.63, 3.8) is 0 Å². The highest BCUT2D eigenvalue weighted by molar-refractivity contribution is 6.36. The van der Waals surface area contributed by atoms with Gasteiger partial charge >= 0.3 is 5.97 Å². The first-order chi connectivity index (χ1) is 12.4. The fourth-order valence-electron chi connectivity index (χ4n) is 2.00. The number of ether oxygens (including phenoxy) is 2. The van der Waals surface area contributed by atoms with Crippen LogP contribution in [0.3, 0.4) is 0 Å². The summed E-state index contributed by atoms with van der Waals surface area (Å²) in [5.74, 6) is -1.17. The molecule has 2 aromatic rings. The Bertz CT molecular complexity index is 838. The molecule has 2 rings (SSSR count). The summed E-state index contributed by atoms with van der Waals surface area (Å²) in [6, 6.07) is 10.8. The normalized spacial score (nSPS) is 10.1. The van der Waals surface area contributed by atoms with Crippen molar-refractivity contribution in [2.45, 2.75) is 0 Å². The lowest BCUT2D eigenvalue weighted by atomic mass is 10.1. The maximum absolute atomic E-state index is 12.0. The summed E-state index contributed by atoms with van der Waals surface area (Å²) in [5.41, 5.74) is 0.533. The van der Waals surface area contributed by atoms with Crippen molar-refractivity contribution in [2.24, 2.45) is 0 Å². The van der Waals surface area contributed by atoms with Crippen molar-refractivity contribution >= 4 is 40.9 Å². The van der Waals surface area contributed by atoms with Gasteiger partial charge in [-0.25, -0.2) is 0 Å². The minimum absolute atomic E-state index is 0.163. The van der Waals surface area contributed by atoms with Gasteiger partial charge in [0.2, 0.25) is 0 Å². The number of benzene rings is 2. The van der Waals surface area contributed by atoms with Gasteiger partial charge in [-0.05, 0) is 30.3 Å². The Hall–Kier alpha value is -2.57. The molecule has 0 aliphatic rings. The predicted molar refractivity (Wildman–Crippen MR) is 97.1 cm³/mol. The molecule has 0 atom stereocenters. The molecule has 1 N–H and O–H groups in total. The summed E-state index contributed by atoms with van der Waals surface area (Å²) in [4.78, 5) is 35.7. The van der Waals surface area contributed by atoms with E-state index in [-0.39, 0.29) is 16.4 Å². The minimum atomic E-state index is -0.750. The number of carbonyl (C=O) groups is 3. The Morgan fingerprint density at radius 2 is 1.85 bits per heavy atom. The van der Waals surface area contributed by atoms with Crippen LogP contribution in [0.2, 0.25) is 10.0 Å². The van der Waals surface area contributed by atoms with E-state index in [2.05, 4.69) is 5.32 Å². The summed E-state index contributed by atoms with van der Waals surface area (Å²) in [5, 5.41) is 2.92. The van der Waals surface area contributed by atoms with Gasteiger partial charge < -0.3 is 14.8 Å². The van der Waals surface area contributed by atoms with Crippen molar-refractivity contribution in [3.05, 3.63) is 63.6 Å². The summed E-state index contributed by atoms with van der Waals surface area (Å²) in [7, 11) is 1.49. The third-order valence-corrected chi connectivity index (χ3v) is 3.87. The number of nitrogens with one attached hydrogen (secondary N) is 1.